The number of carbonyl (C=O) groups excluding carboxylic acids is 2. The van der Waals surface area contributed by atoms with Crippen molar-refractivity contribution in [3.8, 4) is 0 Å². The van der Waals surface area contributed by atoms with Gasteiger partial charge in [-0.2, -0.15) is 0 Å². The van der Waals surface area contributed by atoms with Crippen molar-refractivity contribution < 1.29 is 14.7 Å². The van der Waals surface area contributed by atoms with E-state index in [0.29, 0.717) is 12.0 Å². The van der Waals surface area contributed by atoms with E-state index in [2.05, 4.69) is 0 Å². The summed E-state index contributed by atoms with van der Waals surface area (Å²) in [5.41, 5.74) is 0.423. The van der Waals surface area contributed by atoms with Crippen LogP contribution in [-0.4, -0.2) is 28.0 Å². The maximum atomic E-state index is 11.8. The molecule has 1 unspecified atom stereocenters. The molecule has 4 heteroatoms. The number of benzene rings is 1. The van der Waals surface area contributed by atoms with Crippen LogP contribution in [0.3, 0.4) is 0 Å². The highest BCUT2D eigenvalue weighted by Gasteiger charge is 2.34. The Bertz CT molecular complexity index is 388. The zero-order valence-electron chi connectivity index (χ0n) is 8.09. The minimum Gasteiger partial charge on any atom is -0.373 e. The van der Waals surface area contributed by atoms with E-state index in [0.717, 1.165) is 4.90 Å². The summed E-state index contributed by atoms with van der Waals surface area (Å²) < 4.78 is 0. The molecule has 0 aliphatic carbocycles. The normalized spacial score (nSPS) is 20.7. The molecule has 4 nitrogen and oxygen atoms in total. The van der Waals surface area contributed by atoms with Crippen LogP contribution in [0.4, 0.5) is 0 Å². The minimum atomic E-state index is -0.967. The van der Waals surface area contributed by atoms with Crippen LogP contribution in [0.2, 0.25) is 0 Å². The lowest BCUT2D eigenvalue weighted by Crippen LogP contribution is -2.38. The molecule has 1 aromatic carbocycles. The second-order valence-corrected chi connectivity index (χ2v) is 3.45. The lowest BCUT2D eigenvalue weighted by molar-refractivity contribution is -0.129. The Hall–Kier alpha value is -1.68. The number of imide groups is 1. The number of likely N-dealkylation sites (tertiary alicyclic amines) is 1. The smallest absolute Gasteiger partial charge is 0.262 e. The molecule has 1 saturated heterocycles. The molecular weight excluding hydrogens is 194 g/mol. The van der Waals surface area contributed by atoms with Crippen molar-refractivity contribution in [3.05, 3.63) is 35.9 Å². The van der Waals surface area contributed by atoms with Gasteiger partial charge in [0.15, 0.2) is 0 Å². The minimum absolute atomic E-state index is 0.236. The summed E-state index contributed by atoms with van der Waals surface area (Å²) in [6, 6.07) is 8.49. The third-order valence-corrected chi connectivity index (χ3v) is 2.42. The van der Waals surface area contributed by atoms with Crippen LogP contribution >= 0.6 is 0 Å². The Kier molecular flexibility index (Phi) is 2.51. The molecule has 78 valence electrons. The third-order valence-electron chi connectivity index (χ3n) is 2.42. The zero-order chi connectivity index (χ0) is 10.8. The van der Waals surface area contributed by atoms with Crippen molar-refractivity contribution in [2.45, 2.75) is 19.1 Å². The van der Waals surface area contributed by atoms with Gasteiger partial charge in [0.25, 0.3) is 5.91 Å². The van der Waals surface area contributed by atoms with E-state index >= 15 is 0 Å². The van der Waals surface area contributed by atoms with Crippen molar-refractivity contribution in [1.29, 1.82) is 0 Å². The summed E-state index contributed by atoms with van der Waals surface area (Å²) >= 11 is 0. The first-order chi connectivity index (χ1) is 7.20. The molecule has 1 aromatic rings. The largest absolute Gasteiger partial charge is 0.373 e. The number of nitrogens with zero attached hydrogens (tertiary/aromatic N) is 1. The van der Waals surface area contributed by atoms with Crippen molar-refractivity contribution >= 4 is 11.8 Å². The van der Waals surface area contributed by atoms with Gasteiger partial charge in [0.1, 0.15) is 6.23 Å². The van der Waals surface area contributed by atoms with Gasteiger partial charge < -0.3 is 5.11 Å². The molecule has 0 aromatic heterocycles. The Balaban J connectivity index is 2.25. The van der Waals surface area contributed by atoms with E-state index in [1.54, 1.807) is 30.3 Å². The Morgan fingerprint density at radius 3 is 2.53 bits per heavy atom. The molecule has 0 spiro atoms. The molecule has 15 heavy (non-hydrogen) atoms. The second-order valence-electron chi connectivity index (χ2n) is 3.45. The average molecular weight is 205 g/mol. The molecule has 1 aliphatic heterocycles. The number of aliphatic hydroxyl groups is 1. The van der Waals surface area contributed by atoms with Crippen LogP contribution in [0, 0.1) is 0 Å². The predicted octanol–water partition coefficient (Wildman–Crippen LogP) is 0.768. The highest BCUT2D eigenvalue weighted by atomic mass is 16.3. The van der Waals surface area contributed by atoms with Gasteiger partial charge in [-0.25, -0.2) is 0 Å². The van der Waals surface area contributed by atoms with E-state index in [9.17, 15) is 14.7 Å². The van der Waals surface area contributed by atoms with Crippen molar-refractivity contribution in [3.63, 3.8) is 0 Å². The van der Waals surface area contributed by atoms with Crippen LogP contribution in [0.1, 0.15) is 23.2 Å². The van der Waals surface area contributed by atoms with Gasteiger partial charge in [0.05, 0.1) is 0 Å². The maximum absolute atomic E-state index is 11.8. The first-order valence-electron chi connectivity index (χ1n) is 4.79. The summed E-state index contributed by atoms with van der Waals surface area (Å²) in [6.45, 7) is 0. The molecule has 1 atom stereocenters. The van der Waals surface area contributed by atoms with Crippen LogP contribution in [0.5, 0.6) is 0 Å². The number of carbonyl (C=O) groups is 2. The topological polar surface area (TPSA) is 57.6 Å². The van der Waals surface area contributed by atoms with Crippen molar-refractivity contribution in [2.75, 3.05) is 0 Å². The fourth-order valence-electron chi connectivity index (χ4n) is 1.64. The van der Waals surface area contributed by atoms with Gasteiger partial charge >= 0.3 is 0 Å². The zero-order valence-corrected chi connectivity index (χ0v) is 8.09. The Morgan fingerprint density at radius 1 is 1.33 bits per heavy atom. The molecule has 0 radical (unpaired) electrons. The summed E-state index contributed by atoms with van der Waals surface area (Å²) in [6.07, 6.45) is -0.401. The van der Waals surface area contributed by atoms with Gasteiger partial charge in [-0.05, 0) is 12.1 Å². The van der Waals surface area contributed by atoms with E-state index in [4.69, 9.17) is 0 Å². The maximum Gasteiger partial charge on any atom is 0.262 e. The fraction of sp³-hybridized carbons (Fsp3) is 0.273. The van der Waals surface area contributed by atoms with Crippen LogP contribution in [0.15, 0.2) is 30.3 Å². The molecule has 2 amide bonds. The number of hydrogen-bond acceptors (Lipinski definition) is 3. The van der Waals surface area contributed by atoms with Gasteiger partial charge in [0.2, 0.25) is 5.91 Å². The monoisotopic (exact) mass is 205 g/mol. The first-order valence-corrected chi connectivity index (χ1v) is 4.79. The van der Waals surface area contributed by atoms with Gasteiger partial charge in [-0.1, -0.05) is 18.2 Å². The van der Waals surface area contributed by atoms with Gasteiger partial charge in [-0.15, -0.1) is 0 Å². The summed E-state index contributed by atoms with van der Waals surface area (Å²) in [5, 5.41) is 9.48. The molecule has 0 saturated carbocycles. The molecule has 1 fully saturated rings. The van der Waals surface area contributed by atoms with E-state index in [-0.39, 0.29) is 12.3 Å². The predicted molar refractivity (Wildman–Crippen MR) is 52.9 cm³/mol. The number of aliphatic hydroxyl groups excluding tert-OH is 1. The van der Waals surface area contributed by atoms with E-state index in [1.807, 2.05) is 0 Å². The first kappa shape index (κ1) is 9.86. The summed E-state index contributed by atoms with van der Waals surface area (Å²) in [7, 11) is 0. The lowest BCUT2D eigenvalue weighted by Gasteiger charge is -2.18. The molecule has 0 bridgehead atoms. The average Bonchev–Trinajstić information content (AvgIpc) is 2.59. The summed E-state index contributed by atoms with van der Waals surface area (Å²) in [5.74, 6) is -0.734. The van der Waals surface area contributed by atoms with E-state index in [1.165, 1.54) is 0 Å². The van der Waals surface area contributed by atoms with Crippen LogP contribution < -0.4 is 0 Å². The number of amides is 2. The highest BCUT2D eigenvalue weighted by Crippen LogP contribution is 2.19. The Morgan fingerprint density at radius 2 is 2.00 bits per heavy atom. The van der Waals surface area contributed by atoms with Gasteiger partial charge in [-0.3, -0.25) is 14.5 Å². The van der Waals surface area contributed by atoms with Crippen molar-refractivity contribution in [2.24, 2.45) is 0 Å². The highest BCUT2D eigenvalue weighted by molar-refractivity contribution is 6.05. The van der Waals surface area contributed by atoms with Crippen molar-refractivity contribution in [1.82, 2.24) is 4.90 Å². The SMILES string of the molecule is O=C1CCC(O)N1C(=O)c1ccccc1. The third kappa shape index (κ3) is 1.76. The van der Waals surface area contributed by atoms with Crippen LogP contribution in [0.25, 0.3) is 0 Å². The lowest BCUT2D eigenvalue weighted by atomic mass is 10.2. The number of rotatable bonds is 1. The number of hydrogen-bond donors (Lipinski definition) is 1. The van der Waals surface area contributed by atoms with E-state index < -0.39 is 12.1 Å². The second kappa shape index (κ2) is 3.82. The molecule has 1 heterocycles. The standard InChI is InChI=1S/C11H11NO3/c13-9-6-7-10(14)12(9)11(15)8-4-2-1-3-5-8/h1-5,9,13H,6-7H2. The molecule has 1 N–H and O–H groups in total. The fourth-order valence-corrected chi connectivity index (χ4v) is 1.64. The molecule has 2 rings (SSSR count). The summed E-state index contributed by atoms with van der Waals surface area (Å²) in [4.78, 5) is 24.1. The molecule has 1 aliphatic rings. The molecular formula is C11H11NO3. The quantitative estimate of drug-likeness (QED) is 0.689. The Labute approximate surface area is 87.1 Å². The van der Waals surface area contributed by atoms with Gasteiger partial charge in [0, 0.05) is 18.4 Å². The van der Waals surface area contributed by atoms with Crippen LogP contribution in [-0.2, 0) is 4.79 Å².